The summed E-state index contributed by atoms with van der Waals surface area (Å²) in [5, 5.41) is 3.83. The highest BCUT2D eigenvalue weighted by molar-refractivity contribution is 5.84. The fourth-order valence-electron chi connectivity index (χ4n) is 1.94. The van der Waals surface area contributed by atoms with Gasteiger partial charge in [0.1, 0.15) is 11.2 Å². The Balaban J connectivity index is 2.05. The van der Waals surface area contributed by atoms with Gasteiger partial charge in [0.25, 0.3) is 0 Å². The molecule has 3 aromatic rings. The molecular weight excluding hydrogens is 260 g/mol. The lowest BCUT2D eigenvalue weighted by atomic mass is 10.2. The van der Waals surface area contributed by atoms with Crippen LogP contribution in [0.1, 0.15) is 11.3 Å². The van der Waals surface area contributed by atoms with E-state index in [1.165, 1.54) is 13.4 Å². The van der Waals surface area contributed by atoms with E-state index < -0.39 is 0 Å². The number of furan rings is 1. The highest BCUT2D eigenvalue weighted by Gasteiger charge is 2.14. The van der Waals surface area contributed by atoms with Gasteiger partial charge in [0, 0.05) is 11.6 Å². The largest absolute Gasteiger partial charge is 0.469 e. The molecule has 0 saturated heterocycles. The van der Waals surface area contributed by atoms with Crippen LogP contribution >= 0.6 is 0 Å². The van der Waals surface area contributed by atoms with Crippen LogP contribution in [0.25, 0.3) is 22.6 Å². The molecule has 0 bridgehead atoms. The van der Waals surface area contributed by atoms with Crippen LogP contribution < -0.4 is 0 Å². The predicted octanol–water partition coefficient (Wildman–Crippen LogP) is 2.51. The number of rotatable bonds is 3. The zero-order valence-electron chi connectivity index (χ0n) is 11.0. The van der Waals surface area contributed by atoms with Crippen molar-refractivity contribution in [2.45, 2.75) is 13.3 Å². The fourth-order valence-corrected chi connectivity index (χ4v) is 1.94. The summed E-state index contributed by atoms with van der Waals surface area (Å²) in [6.45, 7) is 1.84. The number of nitrogens with zero attached hydrogens (tertiary/aromatic N) is 2. The molecule has 0 saturated carbocycles. The van der Waals surface area contributed by atoms with Gasteiger partial charge in [0.15, 0.2) is 11.3 Å². The summed E-state index contributed by atoms with van der Waals surface area (Å²) in [6.07, 6.45) is 1.64. The van der Waals surface area contributed by atoms with E-state index >= 15 is 0 Å². The van der Waals surface area contributed by atoms with Gasteiger partial charge in [-0.1, -0.05) is 5.16 Å². The zero-order valence-corrected chi connectivity index (χ0v) is 11.0. The number of carbonyl (C=O) groups is 1. The van der Waals surface area contributed by atoms with Gasteiger partial charge in [-0.05, 0) is 19.1 Å². The minimum atomic E-state index is -0.338. The molecule has 20 heavy (non-hydrogen) atoms. The standard InChI is InChI=1S/C14H12N2O4/c1-8-5-12(20-16-8)10-3-4-11-14(15-10)9(7-19-11)6-13(17)18-2/h3-5,7H,6H2,1-2H3. The summed E-state index contributed by atoms with van der Waals surface area (Å²) in [5.74, 6) is 0.241. The molecule has 0 radical (unpaired) electrons. The predicted molar refractivity (Wildman–Crippen MR) is 70.0 cm³/mol. The van der Waals surface area contributed by atoms with Crippen LogP contribution in [0.3, 0.4) is 0 Å². The zero-order chi connectivity index (χ0) is 14.1. The van der Waals surface area contributed by atoms with Crippen LogP contribution in [-0.4, -0.2) is 23.2 Å². The van der Waals surface area contributed by atoms with Gasteiger partial charge < -0.3 is 13.7 Å². The van der Waals surface area contributed by atoms with Gasteiger partial charge in [0.2, 0.25) is 0 Å². The lowest BCUT2D eigenvalue weighted by Crippen LogP contribution is -2.04. The van der Waals surface area contributed by atoms with E-state index in [0.717, 1.165) is 5.69 Å². The Kier molecular flexibility index (Phi) is 2.98. The molecule has 0 amide bonds. The summed E-state index contributed by atoms with van der Waals surface area (Å²) in [4.78, 5) is 15.8. The Morgan fingerprint density at radius 1 is 1.40 bits per heavy atom. The Morgan fingerprint density at radius 3 is 2.95 bits per heavy atom. The van der Waals surface area contributed by atoms with Crippen LogP contribution in [0.15, 0.2) is 33.4 Å². The second-order valence-corrected chi connectivity index (χ2v) is 4.39. The number of hydrogen-bond donors (Lipinski definition) is 0. The molecule has 0 N–H and O–H groups in total. The van der Waals surface area contributed by atoms with Crippen LogP contribution in [-0.2, 0) is 16.0 Å². The van der Waals surface area contributed by atoms with Crippen molar-refractivity contribution in [3.05, 3.63) is 35.7 Å². The molecule has 3 heterocycles. The fraction of sp³-hybridized carbons (Fsp3) is 0.214. The third-order valence-electron chi connectivity index (χ3n) is 2.93. The Labute approximate surface area is 114 Å². The number of ether oxygens (including phenoxy) is 1. The van der Waals surface area contributed by atoms with E-state index in [-0.39, 0.29) is 12.4 Å². The molecule has 0 spiro atoms. The molecule has 3 aromatic heterocycles. The van der Waals surface area contributed by atoms with Crippen molar-refractivity contribution < 1.29 is 18.5 Å². The molecule has 102 valence electrons. The number of methoxy groups -OCH3 is 1. The first-order chi connectivity index (χ1) is 9.67. The second kappa shape index (κ2) is 4.80. The molecule has 0 aromatic carbocycles. The van der Waals surface area contributed by atoms with E-state index in [1.54, 1.807) is 18.2 Å². The average Bonchev–Trinajstić information content (AvgIpc) is 3.05. The summed E-state index contributed by atoms with van der Waals surface area (Å²) in [5.41, 5.74) is 3.35. The number of aryl methyl sites for hydroxylation is 1. The molecule has 0 aliphatic heterocycles. The number of esters is 1. The number of pyridine rings is 1. The van der Waals surface area contributed by atoms with Crippen LogP contribution in [0.5, 0.6) is 0 Å². The molecule has 6 nitrogen and oxygen atoms in total. The van der Waals surface area contributed by atoms with Crippen molar-refractivity contribution in [1.82, 2.24) is 10.1 Å². The molecule has 0 aliphatic rings. The van der Waals surface area contributed by atoms with Gasteiger partial charge in [-0.25, -0.2) is 4.98 Å². The topological polar surface area (TPSA) is 78.4 Å². The SMILES string of the molecule is COC(=O)Cc1coc2ccc(-c3cc(C)no3)nc12. The van der Waals surface area contributed by atoms with E-state index in [2.05, 4.69) is 14.9 Å². The van der Waals surface area contributed by atoms with Crippen molar-refractivity contribution in [2.24, 2.45) is 0 Å². The smallest absolute Gasteiger partial charge is 0.310 e. The van der Waals surface area contributed by atoms with Crippen molar-refractivity contribution in [3.63, 3.8) is 0 Å². The van der Waals surface area contributed by atoms with Crippen molar-refractivity contribution >= 4 is 17.1 Å². The van der Waals surface area contributed by atoms with Gasteiger partial charge in [0.05, 0.1) is 25.5 Å². The quantitative estimate of drug-likeness (QED) is 0.682. The minimum Gasteiger partial charge on any atom is -0.469 e. The number of carbonyl (C=O) groups excluding carboxylic acids is 1. The van der Waals surface area contributed by atoms with E-state index in [4.69, 9.17) is 8.94 Å². The summed E-state index contributed by atoms with van der Waals surface area (Å²) < 4.78 is 15.2. The highest BCUT2D eigenvalue weighted by Crippen LogP contribution is 2.25. The monoisotopic (exact) mass is 272 g/mol. The summed E-state index contributed by atoms with van der Waals surface area (Å²) in [7, 11) is 1.35. The first kappa shape index (κ1) is 12.4. The van der Waals surface area contributed by atoms with Crippen molar-refractivity contribution in [1.29, 1.82) is 0 Å². The molecule has 0 unspecified atom stereocenters. The van der Waals surface area contributed by atoms with Gasteiger partial charge >= 0.3 is 5.97 Å². The molecular formula is C14H12N2O4. The van der Waals surface area contributed by atoms with Crippen molar-refractivity contribution in [3.8, 4) is 11.5 Å². The Bertz CT molecular complexity index is 772. The lowest BCUT2D eigenvalue weighted by molar-refractivity contribution is -0.139. The number of aromatic nitrogens is 2. The number of hydrogen-bond acceptors (Lipinski definition) is 6. The third-order valence-corrected chi connectivity index (χ3v) is 2.93. The van der Waals surface area contributed by atoms with Crippen LogP contribution in [0, 0.1) is 6.92 Å². The Morgan fingerprint density at radius 2 is 2.25 bits per heavy atom. The summed E-state index contributed by atoms with van der Waals surface area (Å²) >= 11 is 0. The van der Waals surface area contributed by atoms with E-state index in [1.807, 2.05) is 6.92 Å². The molecule has 0 fully saturated rings. The third kappa shape index (κ3) is 2.16. The second-order valence-electron chi connectivity index (χ2n) is 4.39. The highest BCUT2D eigenvalue weighted by atomic mass is 16.5. The van der Waals surface area contributed by atoms with Gasteiger partial charge in [-0.2, -0.15) is 0 Å². The first-order valence-corrected chi connectivity index (χ1v) is 6.05. The Hall–Kier alpha value is -2.63. The van der Waals surface area contributed by atoms with E-state index in [0.29, 0.717) is 28.1 Å². The normalized spacial score (nSPS) is 10.9. The maximum absolute atomic E-state index is 11.4. The van der Waals surface area contributed by atoms with Crippen LogP contribution in [0.2, 0.25) is 0 Å². The number of fused-ring (bicyclic) bond motifs is 1. The van der Waals surface area contributed by atoms with Crippen molar-refractivity contribution in [2.75, 3.05) is 7.11 Å². The first-order valence-electron chi connectivity index (χ1n) is 6.05. The maximum Gasteiger partial charge on any atom is 0.310 e. The molecule has 0 atom stereocenters. The van der Waals surface area contributed by atoms with Crippen LogP contribution in [0.4, 0.5) is 0 Å². The molecule has 0 aliphatic carbocycles. The van der Waals surface area contributed by atoms with E-state index in [9.17, 15) is 4.79 Å². The molecule has 3 rings (SSSR count). The maximum atomic E-state index is 11.4. The molecule has 6 heteroatoms. The minimum absolute atomic E-state index is 0.120. The lowest BCUT2D eigenvalue weighted by Gasteiger charge is -1.98. The summed E-state index contributed by atoms with van der Waals surface area (Å²) in [6, 6.07) is 5.37. The van der Waals surface area contributed by atoms with Gasteiger partial charge in [-0.3, -0.25) is 4.79 Å². The van der Waals surface area contributed by atoms with Gasteiger partial charge in [-0.15, -0.1) is 0 Å². The average molecular weight is 272 g/mol.